The van der Waals surface area contributed by atoms with Crippen molar-refractivity contribution in [3.8, 4) is 0 Å². The highest BCUT2D eigenvalue weighted by Gasteiger charge is 2.04. The van der Waals surface area contributed by atoms with Gasteiger partial charge in [-0.15, -0.1) is 0 Å². The quantitative estimate of drug-likeness (QED) is 0.746. The topological polar surface area (TPSA) is 86.6 Å². The molecule has 0 aromatic heterocycles. The fourth-order valence-corrected chi connectivity index (χ4v) is 1.79. The number of carboxylic acid groups (broad SMARTS) is 2. The molecule has 2 rings (SSSR count). The molecule has 0 heterocycles. The van der Waals surface area contributed by atoms with Gasteiger partial charge in [0.25, 0.3) is 0 Å². The molecule has 0 spiro atoms. The van der Waals surface area contributed by atoms with Crippen molar-refractivity contribution in [3.63, 3.8) is 0 Å². The summed E-state index contributed by atoms with van der Waals surface area (Å²) < 4.78 is 12.7. The van der Waals surface area contributed by atoms with Crippen molar-refractivity contribution in [2.75, 3.05) is 0 Å². The first-order chi connectivity index (χ1) is 10.9. The SMILES string of the molecule is Fc1ccc(CNCc2ccccc2Cl)cc1.O=C(O)C(=O)O. The fourth-order valence-electron chi connectivity index (χ4n) is 1.59. The molecule has 7 heteroatoms. The molecule has 0 aliphatic carbocycles. The number of hydrogen-bond donors (Lipinski definition) is 3. The first-order valence-corrected chi connectivity index (χ1v) is 6.92. The Balaban J connectivity index is 0.000000379. The van der Waals surface area contributed by atoms with Crippen LogP contribution in [-0.2, 0) is 22.7 Å². The number of halogens is 2. The minimum absolute atomic E-state index is 0.208. The van der Waals surface area contributed by atoms with Crippen LogP contribution in [0.1, 0.15) is 11.1 Å². The molecule has 122 valence electrons. The highest BCUT2D eigenvalue weighted by Crippen LogP contribution is 2.14. The molecule has 0 aliphatic rings. The zero-order valence-electron chi connectivity index (χ0n) is 12.0. The third kappa shape index (κ3) is 7.39. The van der Waals surface area contributed by atoms with E-state index < -0.39 is 11.9 Å². The second-order valence-corrected chi connectivity index (χ2v) is 4.84. The Morgan fingerprint density at radius 2 is 1.52 bits per heavy atom. The van der Waals surface area contributed by atoms with Crippen LogP contribution in [0.4, 0.5) is 4.39 Å². The van der Waals surface area contributed by atoms with Crippen molar-refractivity contribution in [2.45, 2.75) is 13.1 Å². The number of benzene rings is 2. The molecule has 0 saturated heterocycles. The summed E-state index contributed by atoms with van der Waals surface area (Å²) in [5.41, 5.74) is 2.12. The first-order valence-electron chi connectivity index (χ1n) is 6.55. The maximum Gasteiger partial charge on any atom is 0.414 e. The molecule has 0 aliphatic heterocycles. The van der Waals surface area contributed by atoms with Crippen LogP contribution in [0.15, 0.2) is 48.5 Å². The van der Waals surface area contributed by atoms with Crippen LogP contribution in [0.25, 0.3) is 0 Å². The van der Waals surface area contributed by atoms with Crippen LogP contribution in [0.3, 0.4) is 0 Å². The van der Waals surface area contributed by atoms with Crippen molar-refractivity contribution in [3.05, 3.63) is 70.5 Å². The van der Waals surface area contributed by atoms with Crippen molar-refractivity contribution in [2.24, 2.45) is 0 Å². The number of hydrogen-bond acceptors (Lipinski definition) is 3. The van der Waals surface area contributed by atoms with Gasteiger partial charge in [0.1, 0.15) is 5.82 Å². The highest BCUT2D eigenvalue weighted by atomic mass is 35.5. The zero-order valence-corrected chi connectivity index (χ0v) is 12.8. The van der Waals surface area contributed by atoms with Crippen molar-refractivity contribution in [1.29, 1.82) is 0 Å². The molecule has 0 saturated carbocycles. The standard InChI is InChI=1S/C14H13ClFN.C2H2O4/c15-14-4-2-1-3-12(14)10-17-9-11-5-7-13(16)8-6-11;3-1(4)2(5)6/h1-8,17H,9-10H2;(H,3,4)(H,5,6). The minimum Gasteiger partial charge on any atom is -0.473 e. The van der Waals surface area contributed by atoms with Gasteiger partial charge in [0.2, 0.25) is 0 Å². The lowest BCUT2D eigenvalue weighted by Crippen LogP contribution is -2.12. The van der Waals surface area contributed by atoms with Gasteiger partial charge in [-0.3, -0.25) is 0 Å². The summed E-state index contributed by atoms with van der Waals surface area (Å²) in [5.74, 6) is -3.86. The van der Waals surface area contributed by atoms with Gasteiger partial charge < -0.3 is 15.5 Å². The summed E-state index contributed by atoms with van der Waals surface area (Å²) in [7, 11) is 0. The van der Waals surface area contributed by atoms with E-state index in [1.165, 1.54) is 12.1 Å². The van der Waals surface area contributed by atoms with E-state index in [4.69, 9.17) is 31.4 Å². The summed E-state index contributed by atoms with van der Waals surface area (Å²) >= 11 is 6.04. The Kier molecular flexibility index (Phi) is 7.73. The molecule has 5 nitrogen and oxygen atoms in total. The summed E-state index contributed by atoms with van der Waals surface area (Å²) in [5, 5.41) is 18.8. The van der Waals surface area contributed by atoms with E-state index in [2.05, 4.69) is 5.32 Å². The van der Waals surface area contributed by atoms with Gasteiger partial charge in [0.15, 0.2) is 0 Å². The van der Waals surface area contributed by atoms with Crippen LogP contribution in [0.2, 0.25) is 5.02 Å². The number of rotatable bonds is 4. The molecule has 0 fully saturated rings. The number of aliphatic carboxylic acids is 2. The van der Waals surface area contributed by atoms with E-state index in [1.807, 2.05) is 24.3 Å². The van der Waals surface area contributed by atoms with Gasteiger partial charge in [0.05, 0.1) is 0 Å². The lowest BCUT2D eigenvalue weighted by atomic mass is 10.2. The lowest BCUT2D eigenvalue weighted by molar-refractivity contribution is -0.159. The van der Waals surface area contributed by atoms with Gasteiger partial charge in [0, 0.05) is 18.1 Å². The van der Waals surface area contributed by atoms with E-state index in [0.29, 0.717) is 13.1 Å². The molecule has 0 amide bonds. The van der Waals surface area contributed by atoms with Gasteiger partial charge in [-0.2, -0.15) is 0 Å². The van der Waals surface area contributed by atoms with Crippen LogP contribution < -0.4 is 5.32 Å². The first kappa shape index (κ1) is 18.6. The maximum atomic E-state index is 12.7. The van der Waals surface area contributed by atoms with Crippen molar-refractivity contribution in [1.82, 2.24) is 5.32 Å². The summed E-state index contributed by atoms with van der Waals surface area (Å²) in [6, 6.07) is 14.2. The second-order valence-electron chi connectivity index (χ2n) is 4.43. The van der Waals surface area contributed by atoms with Gasteiger partial charge >= 0.3 is 11.9 Å². The molecule has 23 heavy (non-hydrogen) atoms. The molecule has 2 aromatic rings. The molecular formula is C16H15ClFNO4. The lowest BCUT2D eigenvalue weighted by Gasteiger charge is -2.06. The van der Waals surface area contributed by atoms with Crippen LogP contribution in [0, 0.1) is 5.82 Å². The Labute approximate surface area is 137 Å². The third-order valence-electron chi connectivity index (χ3n) is 2.70. The van der Waals surface area contributed by atoms with Crippen molar-refractivity contribution < 1.29 is 24.2 Å². The van der Waals surface area contributed by atoms with Gasteiger partial charge in [-0.1, -0.05) is 41.9 Å². The van der Waals surface area contributed by atoms with E-state index in [-0.39, 0.29) is 5.82 Å². The number of carbonyl (C=O) groups is 2. The number of carboxylic acids is 2. The van der Waals surface area contributed by atoms with Gasteiger partial charge in [-0.05, 0) is 29.3 Å². The van der Waals surface area contributed by atoms with E-state index in [0.717, 1.165) is 16.1 Å². The normalized spacial score (nSPS) is 9.65. The highest BCUT2D eigenvalue weighted by molar-refractivity contribution is 6.31. The van der Waals surface area contributed by atoms with E-state index >= 15 is 0 Å². The molecule has 2 aromatic carbocycles. The smallest absolute Gasteiger partial charge is 0.414 e. The largest absolute Gasteiger partial charge is 0.473 e. The predicted octanol–water partition coefficient (Wildman–Crippen LogP) is 2.92. The maximum absolute atomic E-state index is 12.7. The fraction of sp³-hybridized carbons (Fsp3) is 0.125. The molecule has 0 atom stereocenters. The Morgan fingerprint density at radius 1 is 0.957 bits per heavy atom. The van der Waals surface area contributed by atoms with Crippen LogP contribution in [0.5, 0.6) is 0 Å². The summed E-state index contributed by atoms with van der Waals surface area (Å²) in [4.78, 5) is 18.2. The Bertz CT molecular complexity index is 649. The van der Waals surface area contributed by atoms with E-state index in [9.17, 15) is 4.39 Å². The van der Waals surface area contributed by atoms with Crippen LogP contribution >= 0.6 is 11.6 Å². The second kappa shape index (κ2) is 9.55. The molecule has 0 radical (unpaired) electrons. The summed E-state index contributed by atoms with van der Waals surface area (Å²) in [6.07, 6.45) is 0. The Hall–Kier alpha value is -2.44. The van der Waals surface area contributed by atoms with E-state index in [1.54, 1.807) is 12.1 Å². The zero-order chi connectivity index (χ0) is 17.2. The Morgan fingerprint density at radius 3 is 2.04 bits per heavy atom. The minimum atomic E-state index is -1.82. The molecule has 0 unspecified atom stereocenters. The van der Waals surface area contributed by atoms with Crippen molar-refractivity contribution >= 4 is 23.5 Å². The average Bonchev–Trinajstić information content (AvgIpc) is 2.51. The molecule has 3 N–H and O–H groups in total. The average molecular weight is 340 g/mol. The third-order valence-corrected chi connectivity index (χ3v) is 3.07. The monoisotopic (exact) mass is 339 g/mol. The molecule has 0 bridgehead atoms. The molecular weight excluding hydrogens is 325 g/mol. The number of nitrogens with one attached hydrogen (secondary N) is 1. The summed E-state index contributed by atoms with van der Waals surface area (Å²) in [6.45, 7) is 1.41. The predicted molar refractivity (Wildman–Crippen MR) is 83.7 cm³/mol. The van der Waals surface area contributed by atoms with Crippen LogP contribution in [-0.4, -0.2) is 22.2 Å². The van der Waals surface area contributed by atoms with Gasteiger partial charge in [-0.25, -0.2) is 14.0 Å².